The molecule has 1 aliphatic carbocycles. The van der Waals surface area contributed by atoms with Crippen LogP contribution in [0.2, 0.25) is 0 Å². The van der Waals surface area contributed by atoms with Crippen LogP contribution in [0.15, 0.2) is 65.4 Å². The van der Waals surface area contributed by atoms with Gasteiger partial charge in [-0.3, -0.25) is 9.59 Å². The first-order valence-electron chi connectivity index (χ1n) is 11.5. The number of unbranched alkanes of at least 4 members (excludes halogenated alkanes) is 2. The van der Waals surface area contributed by atoms with E-state index in [1.807, 2.05) is 53.4 Å². The maximum Gasteiger partial charge on any atom is 0.303 e. The zero-order valence-corrected chi connectivity index (χ0v) is 19.4. The molecule has 6 heteroatoms. The van der Waals surface area contributed by atoms with Crippen molar-refractivity contribution in [2.75, 3.05) is 6.61 Å². The number of amides is 1. The van der Waals surface area contributed by atoms with E-state index in [4.69, 9.17) is 9.84 Å². The summed E-state index contributed by atoms with van der Waals surface area (Å²) in [6, 6.07) is 18.1. The first-order chi connectivity index (χ1) is 16.1. The number of hydrogen-bond acceptors (Lipinski definition) is 4. The number of benzene rings is 2. The lowest BCUT2D eigenvalue weighted by atomic mass is 10.1. The Kier molecular flexibility index (Phi) is 7.79. The van der Waals surface area contributed by atoms with Gasteiger partial charge in [-0.1, -0.05) is 30.3 Å². The summed E-state index contributed by atoms with van der Waals surface area (Å²) in [5.74, 6) is 0.0898. The fourth-order valence-corrected chi connectivity index (χ4v) is 4.51. The van der Waals surface area contributed by atoms with E-state index in [1.54, 1.807) is 11.3 Å². The van der Waals surface area contributed by atoms with Crippen molar-refractivity contribution in [2.45, 2.75) is 51.1 Å². The molecular formula is C27H29NO4S. The van der Waals surface area contributed by atoms with E-state index in [2.05, 4.69) is 16.8 Å². The van der Waals surface area contributed by atoms with Crippen LogP contribution in [0.1, 0.15) is 54.4 Å². The minimum absolute atomic E-state index is 0.0536. The topological polar surface area (TPSA) is 66.8 Å². The second kappa shape index (κ2) is 11.1. The van der Waals surface area contributed by atoms with E-state index in [-0.39, 0.29) is 18.4 Å². The Morgan fingerprint density at radius 3 is 2.45 bits per heavy atom. The number of nitrogens with zero attached hydrogens (tertiary/aromatic N) is 1. The number of carbonyl (C=O) groups excluding carboxylic acids is 1. The molecule has 4 rings (SSSR count). The van der Waals surface area contributed by atoms with Crippen LogP contribution in [0.3, 0.4) is 0 Å². The zero-order chi connectivity index (χ0) is 23.0. The SMILES string of the molecule is O=C(O)CCCCCOc1ccccc1CN(C(=O)c1ccc(-c2ccsc2)cc1)C1CC1. The molecule has 1 N–H and O–H groups in total. The van der Waals surface area contributed by atoms with Gasteiger partial charge in [0.25, 0.3) is 5.91 Å². The fraction of sp³-hybridized carbons (Fsp3) is 0.333. The minimum Gasteiger partial charge on any atom is -0.493 e. The van der Waals surface area contributed by atoms with Gasteiger partial charge in [0.05, 0.1) is 6.61 Å². The van der Waals surface area contributed by atoms with Crippen molar-refractivity contribution in [2.24, 2.45) is 0 Å². The minimum atomic E-state index is -0.757. The number of aliphatic carboxylic acids is 1. The predicted octanol–water partition coefficient (Wildman–Crippen LogP) is 6.24. The first kappa shape index (κ1) is 23.1. The molecule has 1 aliphatic rings. The molecule has 0 atom stereocenters. The molecule has 0 saturated heterocycles. The van der Waals surface area contributed by atoms with Crippen LogP contribution in [-0.4, -0.2) is 34.5 Å². The van der Waals surface area contributed by atoms with Crippen molar-refractivity contribution >= 4 is 23.2 Å². The van der Waals surface area contributed by atoms with Gasteiger partial charge in [-0.2, -0.15) is 11.3 Å². The van der Waals surface area contributed by atoms with E-state index in [0.29, 0.717) is 25.1 Å². The van der Waals surface area contributed by atoms with Crippen LogP contribution in [0.4, 0.5) is 0 Å². The van der Waals surface area contributed by atoms with Gasteiger partial charge in [-0.25, -0.2) is 0 Å². The molecule has 0 radical (unpaired) electrons. The van der Waals surface area contributed by atoms with Crippen LogP contribution in [0, 0.1) is 0 Å². The smallest absolute Gasteiger partial charge is 0.303 e. The van der Waals surface area contributed by atoms with Crippen molar-refractivity contribution in [3.05, 3.63) is 76.5 Å². The van der Waals surface area contributed by atoms with Gasteiger partial charge in [0.1, 0.15) is 5.75 Å². The zero-order valence-electron chi connectivity index (χ0n) is 18.6. The molecule has 0 spiro atoms. The number of thiophene rings is 1. The summed E-state index contributed by atoms with van der Waals surface area (Å²) in [6.45, 7) is 1.06. The molecule has 0 unspecified atom stereocenters. The molecular weight excluding hydrogens is 434 g/mol. The van der Waals surface area contributed by atoms with E-state index in [9.17, 15) is 9.59 Å². The summed E-state index contributed by atoms with van der Waals surface area (Å²) >= 11 is 1.66. The van der Waals surface area contributed by atoms with Gasteiger partial charge in [0, 0.05) is 30.1 Å². The lowest BCUT2D eigenvalue weighted by molar-refractivity contribution is -0.137. The van der Waals surface area contributed by atoms with Crippen molar-refractivity contribution in [1.82, 2.24) is 4.90 Å². The Labute approximate surface area is 198 Å². The average molecular weight is 464 g/mol. The van der Waals surface area contributed by atoms with Gasteiger partial charge in [0.2, 0.25) is 0 Å². The van der Waals surface area contributed by atoms with Gasteiger partial charge in [-0.15, -0.1) is 0 Å². The monoisotopic (exact) mass is 463 g/mol. The molecule has 1 saturated carbocycles. The molecule has 33 heavy (non-hydrogen) atoms. The number of carbonyl (C=O) groups is 2. The van der Waals surface area contributed by atoms with E-state index >= 15 is 0 Å². The molecule has 1 amide bonds. The molecule has 3 aromatic rings. The van der Waals surface area contributed by atoms with E-state index in [0.717, 1.165) is 42.6 Å². The van der Waals surface area contributed by atoms with Gasteiger partial charge in [0.15, 0.2) is 0 Å². The van der Waals surface area contributed by atoms with Gasteiger partial charge >= 0.3 is 5.97 Å². The van der Waals surface area contributed by atoms with Crippen molar-refractivity contribution in [3.8, 4) is 16.9 Å². The number of hydrogen-bond donors (Lipinski definition) is 1. The lowest BCUT2D eigenvalue weighted by Crippen LogP contribution is -2.32. The quantitative estimate of drug-likeness (QED) is 0.323. The first-order valence-corrected chi connectivity index (χ1v) is 12.4. The Bertz CT molecular complexity index is 1060. The van der Waals surface area contributed by atoms with Gasteiger partial charge in [-0.05, 0) is 78.3 Å². The number of carboxylic acid groups (broad SMARTS) is 1. The highest BCUT2D eigenvalue weighted by Gasteiger charge is 2.33. The maximum absolute atomic E-state index is 13.4. The third-order valence-corrected chi connectivity index (χ3v) is 6.52. The van der Waals surface area contributed by atoms with Crippen molar-refractivity contribution < 1.29 is 19.4 Å². The number of carboxylic acids is 1. The molecule has 0 aliphatic heterocycles. The summed E-state index contributed by atoms with van der Waals surface area (Å²) in [4.78, 5) is 26.0. The Morgan fingerprint density at radius 1 is 0.970 bits per heavy atom. The summed E-state index contributed by atoms with van der Waals surface area (Å²) in [5, 5.41) is 12.9. The molecule has 2 aromatic carbocycles. The van der Waals surface area contributed by atoms with Gasteiger partial charge < -0.3 is 14.7 Å². The number of rotatable bonds is 12. The highest BCUT2D eigenvalue weighted by Crippen LogP contribution is 2.32. The van der Waals surface area contributed by atoms with Crippen LogP contribution in [-0.2, 0) is 11.3 Å². The van der Waals surface area contributed by atoms with E-state index in [1.165, 1.54) is 5.56 Å². The standard InChI is InChI=1S/C27H29NO4S/c29-26(30)8-2-1-5-16-32-25-7-4-3-6-22(25)18-28(24-13-14-24)27(31)21-11-9-20(10-12-21)23-15-17-33-19-23/h3-4,6-7,9-12,15,17,19,24H,1-2,5,8,13-14,16,18H2,(H,29,30). The Balaban J connectivity index is 1.39. The van der Waals surface area contributed by atoms with Crippen molar-refractivity contribution in [1.29, 1.82) is 0 Å². The normalized spacial score (nSPS) is 13.0. The maximum atomic E-state index is 13.4. The van der Waals surface area contributed by atoms with Crippen LogP contribution >= 0.6 is 11.3 Å². The number of ether oxygens (including phenoxy) is 1. The second-order valence-electron chi connectivity index (χ2n) is 8.41. The van der Waals surface area contributed by atoms with Crippen LogP contribution in [0.25, 0.3) is 11.1 Å². The molecule has 1 fully saturated rings. The fourth-order valence-electron chi connectivity index (χ4n) is 3.85. The van der Waals surface area contributed by atoms with E-state index < -0.39 is 5.97 Å². The highest BCUT2D eigenvalue weighted by molar-refractivity contribution is 7.08. The Hall–Kier alpha value is -3.12. The third-order valence-electron chi connectivity index (χ3n) is 5.84. The second-order valence-corrected chi connectivity index (χ2v) is 9.19. The third kappa shape index (κ3) is 6.45. The molecule has 1 heterocycles. The summed E-state index contributed by atoms with van der Waals surface area (Å²) in [6.07, 6.45) is 4.56. The summed E-state index contributed by atoms with van der Waals surface area (Å²) in [7, 11) is 0. The van der Waals surface area contributed by atoms with Crippen LogP contribution < -0.4 is 4.74 Å². The summed E-state index contributed by atoms with van der Waals surface area (Å²) < 4.78 is 6.00. The van der Waals surface area contributed by atoms with Crippen molar-refractivity contribution in [3.63, 3.8) is 0 Å². The average Bonchev–Trinajstić information content (AvgIpc) is 3.52. The molecule has 5 nitrogen and oxygen atoms in total. The summed E-state index contributed by atoms with van der Waals surface area (Å²) in [5.41, 5.74) is 4.00. The highest BCUT2D eigenvalue weighted by atomic mass is 32.1. The van der Waals surface area contributed by atoms with Crippen LogP contribution in [0.5, 0.6) is 5.75 Å². The Morgan fingerprint density at radius 2 is 1.76 bits per heavy atom. The molecule has 172 valence electrons. The largest absolute Gasteiger partial charge is 0.493 e. The number of para-hydroxylation sites is 1. The predicted molar refractivity (Wildman–Crippen MR) is 131 cm³/mol. The molecule has 0 bridgehead atoms. The lowest BCUT2D eigenvalue weighted by Gasteiger charge is -2.24. The molecule has 1 aromatic heterocycles.